The van der Waals surface area contributed by atoms with Crippen molar-refractivity contribution in [2.75, 3.05) is 0 Å². The van der Waals surface area contributed by atoms with Crippen molar-refractivity contribution in [2.24, 2.45) is 0 Å². The summed E-state index contributed by atoms with van der Waals surface area (Å²) in [6, 6.07) is -19.8. The first-order valence-electron chi connectivity index (χ1n) is 26.2. The zero-order valence-corrected chi connectivity index (χ0v) is 22.2. The summed E-state index contributed by atoms with van der Waals surface area (Å²) < 4.78 is 233. The Morgan fingerprint density at radius 1 is 0.295 bits per heavy atom. The van der Waals surface area contributed by atoms with Crippen LogP contribution in [0.2, 0.25) is 0 Å². The first-order chi connectivity index (χ1) is 32.6. The second kappa shape index (κ2) is 9.93. The summed E-state index contributed by atoms with van der Waals surface area (Å²) in [5.74, 6) is 0. The van der Waals surface area contributed by atoms with Gasteiger partial charge in [0, 0.05) is 0 Å². The highest BCUT2D eigenvalue weighted by atomic mass is 14.2. The Balaban J connectivity index is 1.61. The Hall–Kier alpha value is -5.72. The van der Waals surface area contributed by atoms with Crippen molar-refractivity contribution >= 4 is 53.9 Å². The van der Waals surface area contributed by atoms with E-state index in [1.165, 1.54) is 0 Å². The number of benzene rings is 9. The molecule has 9 rings (SSSR count). The Labute approximate surface area is 293 Å². The molecule has 0 nitrogen and oxygen atoms in total. The molecule has 9 aromatic rings. The molecule has 0 saturated carbocycles. The molecule has 0 unspecified atom stereocenters. The highest BCUT2D eigenvalue weighted by Crippen LogP contribution is 2.46. The molecule has 0 heteroatoms. The SMILES string of the molecule is [2H]c1cc2c(-c3c4c([2H])c([2H])c([2H])cc4c(-c4c([2H])c([2H])c5c(c4[2H])c([2H])c([2H])c4c([2H])c([2H])c([2H])c([2H])c45)c4c([2H])c([2H])c([2H])c([2H])c34)c([2H])c([2H])c(-c3c([2H])c([2H])c([2H])c([2H])c3[2H])c2c([2H])c1[2H]. The van der Waals surface area contributed by atoms with E-state index in [1.807, 2.05) is 0 Å². The van der Waals surface area contributed by atoms with Crippen LogP contribution in [0, 0.1) is 0 Å². The Morgan fingerprint density at radius 3 is 1.68 bits per heavy atom. The second-order valence-electron chi connectivity index (χ2n) is 9.65. The van der Waals surface area contributed by atoms with Gasteiger partial charge in [-0.3, -0.25) is 0 Å². The smallest absolute Gasteiger partial charge is 0.0622 e. The van der Waals surface area contributed by atoms with Crippen LogP contribution in [-0.2, 0) is 0 Å². The fraction of sp³-hybridized carbons (Fsp3) is 0. The van der Waals surface area contributed by atoms with Gasteiger partial charge in [-0.25, -0.2) is 0 Å². The number of fused-ring (bicyclic) bond motifs is 6. The standard InChI is InChI=1S/C44H28/c1-2-12-29(13-3-1)34-26-27-42(37-17-7-6-16-36(34)37)44-40-20-10-8-18-38(40)43(39-19-9-11-21-41(39)44)32-24-25-35-31(28-32)23-22-30-14-4-5-15-33(30)35/h1-28H/i1D,2D,3D,4D,5D,6D,7D,8D,9D,10D,11D,12D,13D,14D,15D,16D,18D,20D,21D,22D,23D,24D,25D,26D,27D,28D. The van der Waals surface area contributed by atoms with Crippen LogP contribution in [0.5, 0.6) is 0 Å². The van der Waals surface area contributed by atoms with Gasteiger partial charge in [-0.15, -0.1) is 0 Å². The molecule has 0 radical (unpaired) electrons. The van der Waals surface area contributed by atoms with Crippen molar-refractivity contribution in [3.8, 4) is 33.4 Å². The van der Waals surface area contributed by atoms with Gasteiger partial charge in [-0.2, -0.15) is 0 Å². The van der Waals surface area contributed by atoms with Gasteiger partial charge in [-0.05, 0) is 93.3 Å². The van der Waals surface area contributed by atoms with Crippen LogP contribution in [-0.4, -0.2) is 0 Å². The van der Waals surface area contributed by atoms with Gasteiger partial charge in [0.25, 0.3) is 0 Å². The molecule has 0 aliphatic heterocycles. The largest absolute Gasteiger partial charge is 0.0636 e. The Bertz CT molecular complexity index is 3980. The average Bonchev–Trinajstić information content (AvgIpc) is 3.32. The molecule has 0 aliphatic rings. The molecule has 9 aromatic carbocycles. The van der Waals surface area contributed by atoms with E-state index in [0.717, 1.165) is 12.1 Å². The first-order valence-corrected chi connectivity index (χ1v) is 13.2. The van der Waals surface area contributed by atoms with Crippen molar-refractivity contribution in [2.45, 2.75) is 0 Å². The maximum atomic E-state index is 9.70. The lowest BCUT2D eigenvalue weighted by atomic mass is 9.83. The van der Waals surface area contributed by atoms with Gasteiger partial charge in [-0.1, -0.05) is 163 Å². The van der Waals surface area contributed by atoms with Crippen LogP contribution >= 0.6 is 0 Å². The van der Waals surface area contributed by atoms with E-state index in [0.29, 0.717) is 0 Å². The maximum absolute atomic E-state index is 9.70. The van der Waals surface area contributed by atoms with Crippen LogP contribution < -0.4 is 0 Å². The van der Waals surface area contributed by atoms with Crippen molar-refractivity contribution in [1.82, 2.24) is 0 Å². The van der Waals surface area contributed by atoms with Gasteiger partial charge < -0.3 is 0 Å². The van der Waals surface area contributed by atoms with E-state index >= 15 is 0 Å². The maximum Gasteiger partial charge on any atom is 0.0636 e. The predicted octanol–water partition coefficient (Wildman–Crippen LogP) is 12.5. The molecular formula is C44H28. The van der Waals surface area contributed by atoms with E-state index < -0.39 is 244 Å². The zero-order chi connectivity index (χ0) is 51.7. The second-order valence-corrected chi connectivity index (χ2v) is 9.65. The van der Waals surface area contributed by atoms with Crippen molar-refractivity contribution < 1.29 is 35.6 Å². The van der Waals surface area contributed by atoms with E-state index in [2.05, 4.69) is 0 Å². The molecule has 0 amide bonds. The van der Waals surface area contributed by atoms with E-state index in [4.69, 9.17) is 24.7 Å². The molecule has 0 atom stereocenters. The summed E-state index contributed by atoms with van der Waals surface area (Å²) in [6.45, 7) is 0. The minimum atomic E-state index is -0.942. The molecule has 204 valence electrons. The van der Waals surface area contributed by atoms with Crippen LogP contribution in [0.3, 0.4) is 0 Å². The van der Waals surface area contributed by atoms with Crippen LogP contribution in [0.15, 0.2) is 169 Å². The molecule has 0 spiro atoms. The zero-order valence-electron chi connectivity index (χ0n) is 48.2. The average molecular weight is 583 g/mol. The molecule has 0 saturated heterocycles. The van der Waals surface area contributed by atoms with Crippen LogP contribution in [0.25, 0.3) is 87.2 Å². The van der Waals surface area contributed by atoms with Crippen molar-refractivity contribution in [3.05, 3.63) is 169 Å². The number of rotatable bonds is 3. The van der Waals surface area contributed by atoms with E-state index in [9.17, 15) is 11.0 Å². The highest BCUT2D eigenvalue weighted by Gasteiger charge is 2.19. The van der Waals surface area contributed by atoms with Gasteiger partial charge in [0.15, 0.2) is 0 Å². The molecule has 0 bridgehead atoms. The molecule has 0 fully saturated rings. The minimum absolute atomic E-state index is 0.419. The monoisotopic (exact) mass is 582 g/mol. The summed E-state index contributed by atoms with van der Waals surface area (Å²) in [6.07, 6.45) is 0. The van der Waals surface area contributed by atoms with Gasteiger partial charge in [0.05, 0.1) is 35.6 Å². The summed E-state index contributed by atoms with van der Waals surface area (Å²) >= 11 is 0. The molecule has 0 heterocycles. The van der Waals surface area contributed by atoms with E-state index in [-0.39, 0.29) is 0 Å². The Kier molecular flexibility index (Phi) is 2.30. The van der Waals surface area contributed by atoms with Gasteiger partial charge in [0.1, 0.15) is 0 Å². The van der Waals surface area contributed by atoms with Crippen molar-refractivity contribution in [1.29, 1.82) is 0 Å². The highest BCUT2D eigenvalue weighted by molar-refractivity contribution is 6.24. The topological polar surface area (TPSA) is 0 Å². The summed E-state index contributed by atoms with van der Waals surface area (Å²) in [4.78, 5) is 0. The molecular weight excluding hydrogens is 528 g/mol. The minimum Gasteiger partial charge on any atom is -0.0622 e. The summed E-state index contributed by atoms with van der Waals surface area (Å²) in [5, 5.41) is -5.15. The van der Waals surface area contributed by atoms with Crippen molar-refractivity contribution in [3.63, 3.8) is 0 Å². The molecule has 44 heavy (non-hydrogen) atoms. The first kappa shape index (κ1) is 10.2. The van der Waals surface area contributed by atoms with E-state index in [1.54, 1.807) is 0 Å². The summed E-state index contributed by atoms with van der Waals surface area (Å²) in [5.41, 5.74) is -3.60. The number of hydrogen-bond acceptors (Lipinski definition) is 0. The molecule has 0 N–H and O–H groups in total. The summed E-state index contributed by atoms with van der Waals surface area (Å²) in [7, 11) is 0. The molecule has 0 aromatic heterocycles. The third-order valence-electron chi connectivity index (χ3n) is 7.34. The lowest BCUT2D eigenvalue weighted by Crippen LogP contribution is -1.92. The van der Waals surface area contributed by atoms with Gasteiger partial charge in [0.2, 0.25) is 0 Å². The van der Waals surface area contributed by atoms with Gasteiger partial charge >= 0.3 is 0 Å². The molecule has 0 aliphatic carbocycles. The third-order valence-corrected chi connectivity index (χ3v) is 7.34. The fourth-order valence-corrected chi connectivity index (χ4v) is 5.48. The fourth-order valence-electron chi connectivity index (χ4n) is 5.48. The quantitative estimate of drug-likeness (QED) is 0.144. The predicted molar refractivity (Wildman–Crippen MR) is 190 cm³/mol. The normalized spacial score (nSPS) is 19.9. The Morgan fingerprint density at radius 2 is 0.864 bits per heavy atom. The lowest BCUT2D eigenvalue weighted by Gasteiger charge is -2.20. The lowest BCUT2D eigenvalue weighted by molar-refractivity contribution is 1.64. The van der Waals surface area contributed by atoms with Crippen LogP contribution in [0.4, 0.5) is 0 Å². The van der Waals surface area contributed by atoms with Crippen LogP contribution in [0.1, 0.15) is 35.6 Å². The third kappa shape index (κ3) is 3.78. The number of hydrogen-bond donors (Lipinski definition) is 0.